The number of hydrogen-bond acceptors (Lipinski definition) is 8. The molecule has 4 heterocycles. The van der Waals surface area contributed by atoms with E-state index in [0.717, 1.165) is 12.8 Å². The molecule has 1 atom stereocenters. The van der Waals surface area contributed by atoms with Crippen LogP contribution in [0.4, 0.5) is 14.6 Å². The Bertz CT molecular complexity index is 1030. The van der Waals surface area contributed by atoms with E-state index in [0.29, 0.717) is 34.5 Å². The van der Waals surface area contributed by atoms with Crippen LogP contribution in [0.2, 0.25) is 0 Å². The van der Waals surface area contributed by atoms with Crippen molar-refractivity contribution in [2.45, 2.75) is 57.4 Å². The number of halogens is 2. The fraction of sp³-hybridized carbons (Fsp3) is 0.706. The third-order valence-corrected chi connectivity index (χ3v) is 5.40. The molecule has 0 radical (unpaired) electrons. The molecule has 0 amide bonds. The third kappa shape index (κ3) is 3.19. The van der Waals surface area contributed by atoms with Gasteiger partial charge in [0, 0.05) is 18.4 Å². The van der Waals surface area contributed by atoms with Crippen molar-refractivity contribution in [3.8, 4) is 0 Å². The van der Waals surface area contributed by atoms with Gasteiger partial charge in [0.15, 0.2) is 22.8 Å². The van der Waals surface area contributed by atoms with E-state index in [9.17, 15) is 8.78 Å². The molecule has 3 aromatic heterocycles. The summed E-state index contributed by atoms with van der Waals surface area (Å²) in [6, 6.07) is -0.255. The van der Waals surface area contributed by atoms with Crippen molar-refractivity contribution in [1.82, 2.24) is 45.6 Å². The molecular formula is C17H22F2N10. The average molecular weight is 404 g/mol. The first kappa shape index (κ1) is 18.3. The van der Waals surface area contributed by atoms with Crippen molar-refractivity contribution in [3.05, 3.63) is 11.6 Å². The predicted octanol–water partition coefficient (Wildman–Crippen LogP) is 1.88. The Labute approximate surface area is 165 Å². The number of alkyl halides is 2. The highest BCUT2D eigenvalue weighted by atomic mass is 19.3. The van der Waals surface area contributed by atoms with Crippen LogP contribution < -0.4 is 4.90 Å². The number of aromatic nitrogens is 9. The zero-order valence-corrected chi connectivity index (χ0v) is 16.5. The van der Waals surface area contributed by atoms with Crippen molar-refractivity contribution in [2.24, 2.45) is 5.92 Å². The number of nitrogens with one attached hydrogen (secondary N) is 1. The van der Waals surface area contributed by atoms with Crippen LogP contribution in [0, 0.1) is 5.92 Å². The van der Waals surface area contributed by atoms with E-state index >= 15 is 0 Å². The molecule has 2 aliphatic rings. The molecule has 5 rings (SSSR count). The molecule has 2 fully saturated rings. The summed E-state index contributed by atoms with van der Waals surface area (Å²) in [6.45, 7) is 5.80. The van der Waals surface area contributed by atoms with Gasteiger partial charge in [-0.15, -0.1) is 15.3 Å². The van der Waals surface area contributed by atoms with Crippen LogP contribution in [0.15, 0.2) is 0 Å². The largest absolute Gasteiger partial charge is 0.348 e. The first-order chi connectivity index (χ1) is 13.7. The third-order valence-electron chi connectivity index (χ3n) is 5.40. The van der Waals surface area contributed by atoms with Crippen molar-refractivity contribution in [2.75, 3.05) is 18.0 Å². The quantitative estimate of drug-likeness (QED) is 0.701. The van der Waals surface area contributed by atoms with Crippen LogP contribution in [0.1, 0.15) is 57.7 Å². The predicted molar refractivity (Wildman–Crippen MR) is 98.6 cm³/mol. The monoisotopic (exact) mass is 404 g/mol. The summed E-state index contributed by atoms with van der Waals surface area (Å²) in [7, 11) is 0. The second-order valence-electron chi connectivity index (χ2n) is 8.91. The van der Waals surface area contributed by atoms with Gasteiger partial charge in [-0.3, -0.25) is 0 Å². The van der Waals surface area contributed by atoms with Crippen molar-refractivity contribution >= 4 is 17.0 Å². The van der Waals surface area contributed by atoms with E-state index in [4.69, 9.17) is 4.98 Å². The van der Waals surface area contributed by atoms with Crippen LogP contribution in [-0.4, -0.2) is 64.6 Å². The second-order valence-corrected chi connectivity index (χ2v) is 8.91. The van der Waals surface area contributed by atoms with Gasteiger partial charge >= 0.3 is 0 Å². The van der Waals surface area contributed by atoms with Crippen LogP contribution in [0.5, 0.6) is 0 Å². The highest BCUT2D eigenvalue weighted by Crippen LogP contribution is 2.43. The lowest BCUT2D eigenvalue weighted by molar-refractivity contribution is 0.0257. The van der Waals surface area contributed by atoms with E-state index in [1.54, 1.807) is 9.58 Å². The fourth-order valence-electron chi connectivity index (χ4n) is 3.70. The summed E-state index contributed by atoms with van der Waals surface area (Å²) >= 11 is 0. The van der Waals surface area contributed by atoms with Gasteiger partial charge in [0.1, 0.15) is 11.9 Å². The van der Waals surface area contributed by atoms with Gasteiger partial charge in [-0.25, -0.2) is 23.4 Å². The van der Waals surface area contributed by atoms with Crippen LogP contribution in [0.3, 0.4) is 0 Å². The Kier molecular flexibility index (Phi) is 3.84. The summed E-state index contributed by atoms with van der Waals surface area (Å²) < 4.78 is 29.5. The van der Waals surface area contributed by atoms with E-state index in [1.165, 1.54) is 0 Å². The SMILES string of the molecule is CC(C)(C)c1nc(N2CCC(F)(F)C2)c2nnn(C(c3nn[nH]n3)C3CC3)c2n1. The Balaban J connectivity index is 1.68. The van der Waals surface area contributed by atoms with Crippen LogP contribution in [0.25, 0.3) is 11.2 Å². The first-order valence-corrected chi connectivity index (χ1v) is 9.72. The molecule has 1 aliphatic carbocycles. The molecule has 154 valence electrons. The Hall–Kier alpha value is -2.79. The zero-order chi connectivity index (χ0) is 20.4. The minimum atomic E-state index is -2.74. The average Bonchev–Trinajstić information content (AvgIpc) is 3.04. The Morgan fingerprint density at radius 2 is 1.97 bits per heavy atom. The Morgan fingerprint density at radius 3 is 2.55 bits per heavy atom. The van der Waals surface area contributed by atoms with Gasteiger partial charge in [-0.2, -0.15) is 5.21 Å². The fourth-order valence-corrected chi connectivity index (χ4v) is 3.70. The first-order valence-electron chi connectivity index (χ1n) is 9.72. The number of fused-ring (bicyclic) bond motifs is 1. The maximum absolute atomic E-state index is 13.9. The molecule has 1 N–H and O–H groups in total. The number of hydrogen-bond donors (Lipinski definition) is 1. The molecular weight excluding hydrogens is 382 g/mol. The normalized spacial score (nSPS) is 20.5. The highest BCUT2D eigenvalue weighted by molar-refractivity contribution is 5.83. The Morgan fingerprint density at radius 1 is 1.17 bits per heavy atom. The van der Waals surface area contributed by atoms with Gasteiger partial charge in [0.25, 0.3) is 5.92 Å². The molecule has 0 aromatic carbocycles. The zero-order valence-electron chi connectivity index (χ0n) is 16.5. The van der Waals surface area contributed by atoms with E-state index < -0.39 is 5.92 Å². The van der Waals surface area contributed by atoms with Gasteiger partial charge in [0.05, 0.1) is 6.54 Å². The number of H-pyrrole nitrogens is 1. The highest BCUT2D eigenvalue weighted by Gasteiger charge is 2.42. The second kappa shape index (κ2) is 6.10. The van der Waals surface area contributed by atoms with Crippen LogP contribution >= 0.6 is 0 Å². The van der Waals surface area contributed by atoms with Crippen molar-refractivity contribution < 1.29 is 8.78 Å². The maximum atomic E-state index is 13.9. The summed E-state index contributed by atoms with van der Waals surface area (Å²) in [5.74, 6) is -0.946. The van der Waals surface area contributed by atoms with Gasteiger partial charge in [-0.1, -0.05) is 31.2 Å². The molecule has 10 nitrogen and oxygen atoms in total. The van der Waals surface area contributed by atoms with Crippen molar-refractivity contribution in [1.29, 1.82) is 0 Å². The lowest BCUT2D eigenvalue weighted by atomic mass is 9.95. The van der Waals surface area contributed by atoms with Gasteiger partial charge in [0.2, 0.25) is 0 Å². The summed E-state index contributed by atoms with van der Waals surface area (Å²) in [4.78, 5) is 11.0. The number of nitrogens with zero attached hydrogens (tertiary/aromatic N) is 9. The smallest absolute Gasteiger partial charge is 0.266 e. The number of anilines is 1. The number of aromatic amines is 1. The summed E-state index contributed by atoms with van der Waals surface area (Å²) in [6.07, 6.45) is 1.83. The topological polar surface area (TPSA) is 114 Å². The molecule has 0 bridgehead atoms. The number of tetrazole rings is 1. The summed E-state index contributed by atoms with van der Waals surface area (Å²) in [5, 5.41) is 23.1. The molecule has 1 unspecified atom stereocenters. The lowest BCUT2D eigenvalue weighted by Crippen LogP contribution is -2.27. The molecule has 1 saturated carbocycles. The van der Waals surface area contributed by atoms with Crippen LogP contribution in [-0.2, 0) is 5.41 Å². The van der Waals surface area contributed by atoms with Gasteiger partial charge < -0.3 is 4.90 Å². The molecule has 12 heteroatoms. The van der Waals surface area contributed by atoms with Crippen molar-refractivity contribution in [3.63, 3.8) is 0 Å². The minimum absolute atomic E-state index is 0.203. The molecule has 1 aliphatic heterocycles. The standard InChI is InChI=1S/C17H22F2N10/c1-16(2,3)15-20-13(28-7-6-17(18,19)8-28)10-14(21-15)29(27-22-10)11(9-4-5-9)12-23-25-26-24-12/h9,11H,4-8H2,1-3H3,(H,23,24,25,26). The van der Waals surface area contributed by atoms with Gasteiger partial charge in [-0.05, 0) is 18.8 Å². The summed E-state index contributed by atoms with van der Waals surface area (Å²) in [5.41, 5.74) is 0.559. The molecule has 1 saturated heterocycles. The molecule has 0 spiro atoms. The number of rotatable bonds is 4. The minimum Gasteiger partial charge on any atom is -0.348 e. The maximum Gasteiger partial charge on any atom is 0.266 e. The molecule has 3 aromatic rings. The molecule has 29 heavy (non-hydrogen) atoms. The van der Waals surface area contributed by atoms with E-state index in [-0.39, 0.29) is 31.0 Å². The van der Waals surface area contributed by atoms with E-state index in [1.807, 2.05) is 20.8 Å². The lowest BCUT2D eigenvalue weighted by Gasteiger charge is -2.22. The van der Waals surface area contributed by atoms with E-state index in [2.05, 4.69) is 35.9 Å².